The molecule has 2 aromatic carbocycles. The average molecular weight is 313 g/mol. The van der Waals surface area contributed by atoms with Crippen LogP contribution in [0.25, 0.3) is 0 Å². The molecular formula is C18H19NO4. The van der Waals surface area contributed by atoms with Crippen LogP contribution in [0.5, 0.6) is 11.5 Å². The molecule has 0 saturated carbocycles. The fourth-order valence-electron chi connectivity index (χ4n) is 3.64. The molecule has 1 N–H and O–H groups in total. The van der Waals surface area contributed by atoms with Crippen molar-refractivity contribution >= 4 is 5.69 Å². The molecule has 2 aromatic rings. The van der Waals surface area contributed by atoms with Crippen LogP contribution in [-0.2, 0) is 0 Å². The number of phenolic OH excluding ortho intramolecular Hbond substituents is 1. The average Bonchev–Trinajstić information content (AvgIpc) is 2.48. The monoisotopic (exact) mass is 313 g/mol. The van der Waals surface area contributed by atoms with E-state index >= 15 is 0 Å². The first-order valence-corrected chi connectivity index (χ1v) is 7.56. The van der Waals surface area contributed by atoms with Crippen LogP contribution in [-0.4, -0.2) is 15.6 Å². The highest BCUT2D eigenvalue weighted by atomic mass is 16.6. The quantitative estimate of drug-likeness (QED) is 0.660. The molecule has 0 saturated heterocycles. The number of fused-ring (bicyclic) bond motifs is 1. The van der Waals surface area contributed by atoms with E-state index in [0.717, 1.165) is 11.1 Å². The molecule has 0 aromatic heterocycles. The second-order valence-corrected chi connectivity index (χ2v) is 6.52. The SMILES string of the molecule is CC1c2cc(O)c([N+](=O)[O-])cc2OC(C)(C)C1c1ccccc1. The van der Waals surface area contributed by atoms with Gasteiger partial charge in [0.2, 0.25) is 0 Å². The van der Waals surface area contributed by atoms with E-state index < -0.39 is 10.5 Å². The summed E-state index contributed by atoms with van der Waals surface area (Å²) in [6.07, 6.45) is 0. The zero-order valence-corrected chi connectivity index (χ0v) is 13.3. The van der Waals surface area contributed by atoms with Gasteiger partial charge in [0.25, 0.3) is 0 Å². The van der Waals surface area contributed by atoms with Crippen molar-refractivity contribution in [3.63, 3.8) is 0 Å². The van der Waals surface area contributed by atoms with Crippen LogP contribution in [0.2, 0.25) is 0 Å². The largest absolute Gasteiger partial charge is 0.502 e. The Morgan fingerprint density at radius 1 is 1.22 bits per heavy atom. The molecule has 2 unspecified atom stereocenters. The highest BCUT2D eigenvalue weighted by Crippen LogP contribution is 2.52. The Balaban J connectivity index is 2.13. The Kier molecular flexibility index (Phi) is 3.51. The van der Waals surface area contributed by atoms with E-state index in [1.165, 1.54) is 12.1 Å². The molecule has 0 radical (unpaired) electrons. The van der Waals surface area contributed by atoms with Crippen LogP contribution in [0, 0.1) is 10.1 Å². The molecule has 1 aliphatic rings. The number of phenols is 1. The highest BCUT2D eigenvalue weighted by Gasteiger charge is 2.43. The van der Waals surface area contributed by atoms with Gasteiger partial charge >= 0.3 is 5.69 Å². The fraction of sp³-hybridized carbons (Fsp3) is 0.333. The highest BCUT2D eigenvalue weighted by molar-refractivity contribution is 5.57. The summed E-state index contributed by atoms with van der Waals surface area (Å²) in [7, 11) is 0. The summed E-state index contributed by atoms with van der Waals surface area (Å²) in [5.74, 6) is 0.287. The molecule has 0 amide bonds. The molecule has 0 fully saturated rings. The van der Waals surface area contributed by atoms with Gasteiger partial charge in [-0.15, -0.1) is 0 Å². The van der Waals surface area contributed by atoms with E-state index in [9.17, 15) is 15.2 Å². The fourth-order valence-corrected chi connectivity index (χ4v) is 3.64. The lowest BCUT2D eigenvalue weighted by atomic mass is 9.71. The molecule has 3 rings (SSSR count). The summed E-state index contributed by atoms with van der Waals surface area (Å²) in [4.78, 5) is 10.4. The summed E-state index contributed by atoms with van der Waals surface area (Å²) >= 11 is 0. The van der Waals surface area contributed by atoms with E-state index in [-0.39, 0.29) is 23.3 Å². The van der Waals surface area contributed by atoms with Crippen LogP contribution >= 0.6 is 0 Å². The molecule has 0 spiro atoms. The number of hydrogen-bond donors (Lipinski definition) is 1. The van der Waals surface area contributed by atoms with Crippen LogP contribution < -0.4 is 4.74 Å². The predicted octanol–water partition coefficient (Wildman–Crippen LogP) is 4.36. The predicted molar refractivity (Wildman–Crippen MR) is 87.1 cm³/mol. The molecule has 1 heterocycles. The van der Waals surface area contributed by atoms with E-state index in [1.807, 2.05) is 32.0 Å². The van der Waals surface area contributed by atoms with Gasteiger partial charge in [-0.3, -0.25) is 10.1 Å². The minimum Gasteiger partial charge on any atom is -0.502 e. The van der Waals surface area contributed by atoms with Gasteiger partial charge in [0.05, 0.1) is 11.0 Å². The van der Waals surface area contributed by atoms with Crippen LogP contribution in [0.1, 0.15) is 43.7 Å². The summed E-state index contributed by atoms with van der Waals surface area (Å²) in [6, 6.07) is 12.8. The topological polar surface area (TPSA) is 72.6 Å². The van der Waals surface area contributed by atoms with Gasteiger partial charge in [0, 0.05) is 11.5 Å². The number of nitro benzene ring substituents is 1. The van der Waals surface area contributed by atoms with Crippen molar-refractivity contribution in [1.82, 2.24) is 0 Å². The molecule has 0 aliphatic carbocycles. The normalized spacial score (nSPS) is 22.0. The maximum Gasteiger partial charge on any atom is 0.314 e. The second kappa shape index (κ2) is 5.26. The molecule has 2 atom stereocenters. The van der Waals surface area contributed by atoms with E-state index in [4.69, 9.17) is 4.74 Å². The molecular weight excluding hydrogens is 294 g/mol. The number of rotatable bonds is 2. The van der Waals surface area contributed by atoms with Gasteiger partial charge < -0.3 is 9.84 Å². The standard InChI is InChI=1S/C18H19NO4/c1-11-13-9-15(20)14(19(21)22)10-16(13)23-18(2,3)17(11)12-7-5-4-6-8-12/h4-11,17,20H,1-3H3. The van der Waals surface area contributed by atoms with Crippen molar-refractivity contribution < 1.29 is 14.8 Å². The number of hydrogen-bond acceptors (Lipinski definition) is 4. The molecule has 1 aliphatic heterocycles. The Bertz CT molecular complexity index is 755. The maximum atomic E-state index is 11.0. The summed E-state index contributed by atoms with van der Waals surface area (Å²) in [6.45, 7) is 6.04. The van der Waals surface area contributed by atoms with Crippen molar-refractivity contribution in [2.75, 3.05) is 0 Å². The third kappa shape index (κ3) is 2.52. The molecule has 120 valence electrons. The van der Waals surface area contributed by atoms with Gasteiger partial charge in [0.1, 0.15) is 11.4 Å². The van der Waals surface area contributed by atoms with Gasteiger partial charge in [-0.25, -0.2) is 0 Å². The summed E-state index contributed by atoms with van der Waals surface area (Å²) in [5, 5.41) is 21.0. The second-order valence-electron chi connectivity index (χ2n) is 6.52. The lowest BCUT2D eigenvalue weighted by Gasteiger charge is -2.44. The molecule has 23 heavy (non-hydrogen) atoms. The minimum atomic E-state index is -0.597. The van der Waals surface area contributed by atoms with Gasteiger partial charge in [-0.05, 0) is 31.4 Å². The van der Waals surface area contributed by atoms with E-state index in [1.54, 1.807) is 0 Å². The Hall–Kier alpha value is -2.56. The van der Waals surface area contributed by atoms with Crippen molar-refractivity contribution in [1.29, 1.82) is 0 Å². The van der Waals surface area contributed by atoms with Gasteiger partial charge in [-0.2, -0.15) is 0 Å². The minimum absolute atomic E-state index is 0.0582. The first-order chi connectivity index (χ1) is 10.8. The zero-order valence-electron chi connectivity index (χ0n) is 13.3. The first kappa shape index (κ1) is 15.3. The third-order valence-electron chi connectivity index (χ3n) is 4.57. The lowest BCUT2D eigenvalue weighted by Crippen LogP contribution is -2.42. The van der Waals surface area contributed by atoms with Crippen LogP contribution in [0.15, 0.2) is 42.5 Å². The molecule has 5 nitrogen and oxygen atoms in total. The number of benzene rings is 2. The Labute approximate surface area is 134 Å². The molecule has 0 bridgehead atoms. The number of nitrogens with zero attached hydrogens (tertiary/aromatic N) is 1. The summed E-state index contributed by atoms with van der Waals surface area (Å²) < 4.78 is 6.09. The van der Waals surface area contributed by atoms with Gasteiger partial charge in [0.15, 0.2) is 5.75 Å². The summed E-state index contributed by atoms with van der Waals surface area (Å²) in [5.41, 5.74) is 1.10. The van der Waals surface area contributed by atoms with Crippen molar-refractivity contribution in [2.24, 2.45) is 0 Å². The van der Waals surface area contributed by atoms with Gasteiger partial charge in [-0.1, -0.05) is 37.3 Å². The smallest absolute Gasteiger partial charge is 0.314 e. The Morgan fingerprint density at radius 2 is 1.87 bits per heavy atom. The van der Waals surface area contributed by atoms with Crippen molar-refractivity contribution in [2.45, 2.75) is 38.2 Å². The lowest BCUT2D eigenvalue weighted by molar-refractivity contribution is -0.386. The zero-order chi connectivity index (χ0) is 16.8. The van der Waals surface area contributed by atoms with Crippen LogP contribution in [0.3, 0.4) is 0 Å². The van der Waals surface area contributed by atoms with E-state index in [2.05, 4.69) is 19.1 Å². The third-order valence-corrected chi connectivity index (χ3v) is 4.57. The first-order valence-electron chi connectivity index (χ1n) is 7.56. The van der Waals surface area contributed by atoms with Crippen molar-refractivity contribution in [3.8, 4) is 11.5 Å². The van der Waals surface area contributed by atoms with E-state index in [0.29, 0.717) is 5.75 Å². The number of ether oxygens (including phenoxy) is 1. The number of nitro groups is 1. The molecule has 5 heteroatoms. The maximum absolute atomic E-state index is 11.0. The van der Waals surface area contributed by atoms with Crippen LogP contribution in [0.4, 0.5) is 5.69 Å². The Morgan fingerprint density at radius 3 is 2.48 bits per heavy atom. The van der Waals surface area contributed by atoms with Crippen molar-refractivity contribution in [3.05, 3.63) is 63.7 Å². The number of aromatic hydroxyl groups is 1.